The van der Waals surface area contributed by atoms with Gasteiger partial charge < -0.3 is 19.5 Å². The standard InChI is InChI=1S/C13H23N5O3/c1-17(2)10-4-5-18(7-10)8-12(19)14-6-11-15-13(9-20-3)21-16-11/h10H,4-9H2,1-3H3,(H,14,19)/t10-/m1/s1. The molecule has 1 saturated heterocycles. The number of amides is 1. The Kier molecular flexibility index (Phi) is 5.66. The SMILES string of the molecule is COCc1nc(CNC(=O)CN2CC[C@@H](N(C)C)C2)no1. The summed E-state index contributed by atoms with van der Waals surface area (Å²) in [7, 11) is 5.70. The molecule has 0 radical (unpaired) electrons. The largest absolute Gasteiger partial charge is 0.375 e. The molecule has 0 unspecified atom stereocenters. The third kappa shape index (κ3) is 4.76. The van der Waals surface area contributed by atoms with E-state index in [9.17, 15) is 4.79 Å². The lowest BCUT2D eigenvalue weighted by Gasteiger charge is -2.19. The number of aromatic nitrogens is 2. The molecule has 0 aliphatic carbocycles. The number of carbonyl (C=O) groups is 1. The molecule has 0 aromatic carbocycles. The molecule has 8 heteroatoms. The molecule has 2 heterocycles. The van der Waals surface area contributed by atoms with Gasteiger partial charge in [0.25, 0.3) is 5.89 Å². The van der Waals surface area contributed by atoms with Crippen LogP contribution in [0.5, 0.6) is 0 Å². The average Bonchev–Trinajstić information content (AvgIpc) is 3.06. The third-order valence-electron chi connectivity index (χ3n) is 3.57. The van der Waals surface area contributed by atoms with Crippen LogP contribution < -0.4 is 5.32 Å². The molecule has 1 aliphatic heterocycles. The van der Waals surface area contributed by atoms with Crippen molar-refractivity contribution in [1.29, 1.82) is 0 Å². The summed E-state index contributed by atoms with van der Waals surface area (Å²) in [5.74, 6) is 0.852. The fourth-order valence-corrected chi connectivity index (χ4v) is 2.36. The van der Waals surface area contributed by atoms with Gasteiger partial charge in [0, 0.05) is 26.2 Å². The lowest BCUT2D eigenvalue weighted by atomic mass is 10.2. The van der Waals surface area contributed by atoms with Gasteiger partial charge in [-0.3, -0.25) is 9.69 Å². The van der Waals surface area contributed by atoms with Crippen molar-refractivity contribution in [2.75, 3.05) is 40.8 Å². The number of likely N-dealkylation sites (N-methyl/N-ethyl adjacent to an activating group) is 1. The lowest BCUT2D eigenvalue weighted by Crippen LogP contribution is -2.38. The summed E-state index contributed by atoms with van der Waals surface area (Å²) in [6.45, 7) is 2.85. The van der Waals surface area contributed by atoms with E-state index in [0.717, 1.165) is 19.5 Å². The van der Waals surface area contributed by atoms with E-state index in [0.29, 0.717) is 24.3 Å². The van der Waals surface area contributed by atoms with Crippen LogP contribution in [0, 0.1) is 0 Å². The molecule has 1 amide bonds. The van der Waals surface area contributed by atoms with E-state index in [-0.39, 0.29) is 19.1 Å². The molecule has 21 heavy (non-hydrogen) atoms. The van der Waals surface area contributed by atoms with E-state index in [4.69, 9.17) is 9.26 Å². The normalized spacial score (nSPS) is 19.3. The molecule has 1 aliphatic rings. The first-order chi connectivity index (χ1) is 10.1. The molecule has 1 fully saturated rings. The molecular formula is C13H23N5O3. The number of likely N-dealkylation sites (tertiary alicyclic amines) is 1. The van der Waals surface area contributed by atoms with Crippen molar-refractivity contribution in [1.82, 2.24) is 25.3 Å². The number of nitrogens with one attached hydrogen (secondary N) is 1. The average molecular weight is 297 g/mol. The van der Waals surface area contributed by atoms with Crippen molar-refractivity contribution in [3.63, 3.8) is 0 Å². The zero-order valence-electron chi connectivity index (χ0n) is 12.8. The Balaban J connectivity index is 1.70. The molecule has 0 saturated carbocycles. The van der Waals surface area contributed by atoms with Crippen molar-refractivity contribution in [2.45, 2.75) is 25.6 Å². The van der Waals surface area contributed by atoms with Crippen LogP contribution in [0.2, 0.25) is 0 Å². The minimum Gasteiger partial charge on any atom is -0.375 e. The van der Waals surface area contributed by atoms with E-state index in [2.05, 4.69) is 39.4 Å². The lowest BCUT2D eigenvalue weighted by molar-refractivity contribution is -0.122. The number of methoxy groups -OCH3 is 1. The number of ether oxygens (including phenoxy) is 1. The fraction of sp³-hybridized carbons (Fsp3) is 0.769. The number of nitrogens with zero attached hydrogens (tertiary/aromatic N) is 4. The van der Waals surface area contributed by atoms with Gasteiger partial charge in [0.05, 0.1) is 13.1 Å². The predicted molar refractivity (Wildman–Crippen MR) is 75.4 cm³/mol. The van der Waals surface area contributed by atoms with Crippen molar-refractivity contribution < 1.29 is 14.1 Å². The molecule has 118 valence electrons. The summed E-state index contributed by atoms with van der Waals surface area (Å²) in [5.41, 5.74) is 0. The van der Waals surface area contributed by atoms with Gasteiger partial charge in [0.2, 0.25) is 5.91 Å². The zero-order chi connectivity index (χ0) is 15.2. The second-order valence-electron chi connectivity index (χ2n) is 5.46. The van der Waals surface area contributed by atoms with E-state index in [1.54, 1.807) is 7.11 Å². The van der Waals surface area contributed by atoms with Crippen LogP contribution in [0.15, 0.2) is 4.52 Å². The molecule has 2 rings (SSSR count). The topological polar surface area (TPSA) is 83.7 Å². The highest BCUT2D eigenvalue weighted by Gasteiger charge is 2.25. The summed E-state index contributed by atoms with van der Waals surface area (Å²) < 4.78 is 9.85. The minimum atomic E-state index is -0.0208. The zero-order valence-corrected chi connectivity index (χ0v) is 12.8. The molecule has 1 aromatic rings. The Morgan fingerprint density at radius 2 is 2.38 bits per heavy atom. The predicted octanol–water partition coefficient (Wildman–Crippen LogP) is -0.532. The van der Waals surface area contributed by atoms with E-state index < -0.39 is 0 Å². The van der Waals surface area contributed by atoms with Crippen LogP contribution in [0.3, 0.4) is 0 Å². The molecular weight excluding hydrogens is 274 g/mol. The maximum atomic E-state index is 11.9. The van der Waals surface area contributed by atoms with Crippen molar-refractivity contribution >= 4 is 5.91 Å². The second-order valence-corrected chi connectivity index (χ2v) is 5.46. The van der Waals surface area contributed by atoms with Crippen LogP contribution in [0.4, 0.5) is 0 Å². The van der Waals surface area contributed by atoms with E-state index in [1.165, 1.54) is 0 Å². The summed E-state index contributed by atoms with van der Waals surface area (Å²) in [4.78, 5) is 20.4. The monoisotopic (exact) mass is 297 g/mol. The van der Waals surface area contributed by atoms with Gasteiger partial charge in [-0.2, -0.15) is 4.98 Å². The smallest absolute Gasteiger partial charge is 0.252 e. The Labute approximate surface area is 124 Å². The van der Waals surface area contributed by atoms with Gasteiger partial charge in [-0.05, 0) is 20.5 Å². The summed E-state index contributed by atoms with van der Waals surface area (Å²) >= 11 is 0. The molecule has 0 bridgehead atoms. The first kappa shape index (κ1) is 15.9. The molecule has 0 spiro atoms. The Hall–Kier alpha value is -1.51. The van der Waals surface area contributed by atoms with Gasteiger partial charge in [-0.1, -0.05) is 5.16 Å². The number of hydrogen-bond acceptors (Lipinski definition) is 7. The highest BCUT2D eigenvalue weighted by Crippen LogP contribution is 2.12. The fourth-order valence-electron chi connectivity index (χ4n) is 2.36. The van der Waals surface area contributed by atoms with Gasteiger partial charge >= 0.3 is 0 Å². The third-order valence-corrected chi connectivity index (χ3v) is 3.57. The molecule has 8 nitrogen and oxygen atoms in total. The maximum absolute atomic E-state index is 11.9. The minimum absolute atomic E-state index is 0.0208. The quantitative estimate of drug-likeness (QED) is 0.724. The summed E-state index contributed by atoms with van der Waals surface area (Å²) in [5, 5.41) is 6.58. The number of carbonyl (C=O) groups excluding carboxylic acids is 1. The first-order valence-electron chi connectivity index (χ1n) is 7.04. The number of rotatable bonds is 7. The van der Waals surface area contributed by atoms with Gasteiger partial charge in [0.1, 0.15) is 6.61 Å². The van der Waals surface area contributed by atoms with Crippen LogP contribution in [0.1, 0.15) is 18.1 Å². The highest BCUT2D eigenvalue weighted by molar-refractivity contribution is 5.77. The second kappa shape index (κ2) is 7.48. The van der Waals surface area contributed by atoms with Crippen LogP contribution in [-0.4, -0.2) is 72.7 Å². The highest BCUT2D eigenvalue weighted by atomic mass is 16.5. The van der Waals surface area contributed by atoms with Gasteiger partial charge in [-0.15, -0.1) is 0 Å². The molecule has 1 N–H and O–H groups in total. The van der Waals surface area contributed by atoms with Crippen molar-refractivity contribution in [3.8, 4) is 0 Å². The summed E-state index contributed by atoms with van der Waals surface area (Å²) in [6.07, 6.45) is 1.10. The molecule has 1 aromatic heterocycles. The molecule has 1 atom stereocenters. The van der Waals surface area contributed by atoms with E-state index in [1.807, 2.05) is 0 Å². The van der Waals surface area contributed by atoms with Gasteiger partial charge in [-0.25, -0.2) is 0 Å². The Morgan fingerprint density at radius 3 is 3.05 bits per heavy atom. The van der Waals surface area contributed by atoms with Crippen LogP contribution in [-0.2, 0) is 22.7 Å². The Bertz CT molecular complexity index is 462. The van der Waals surface area contributed by atoms with Crippen LogP contribution >= 0.6 is 0 Å². The summed E-state index contributed by atoms with van der Waals surface area (Å²) in [6, 6.07) is 0.534. The maximum Gasteiger partial charge on any atom is 0.252 e. The van der Waals surface area contributed by atoms with Gasteiger partial charge in [0.15, 0.2) is 5.82 Å². The van der Waals surface area contributed by atoms with E-state index >= 15 is 0 Å². The van der Waals surface area contributed by atoms with Crippen molar-refractivity contribution in [2.24, 2.45) is 0 Å². The Morgan fingerprint density at radius 1 is 1.57 bits per heavy atom. The van der Waals surface area contributed by atoms with Crippen molar-refractivity contribution in [3.05, 3.63) is 11.7 Å². The van der Waals surface area contributed by atoms with Crippen LogP contribution in [0.25, 0.3) is 0 Å². The first-order valence-corrected chi connectivity index (χ1v) is 7.04. The number of hydrogen-bond donors (Lipinski definition) is 1.